The predicted octanol–water partition coefficient (Wildman–Crippen LogP) is 2.51. The highest BCUT2D eigenvalue weighted by molar-refractivity contribution is 5.84. The first-order valence-corrected chi connectivity index (χ1v) is 8.30. The number of hydrogen-bond acceptors (Lipinski definition) is 4. The Hall–Kier alpha value is -2.76. The van der Waals surface area contributed by atoms with Crippen molar-refractivity contribution in [2.24, 2.45) is 5.92 Å². The zero-order valence-electron chi connectivity index (χ0n) is 14.4. The van der Waals surface area contributed by atoms with Crippen LogP contribution in [0.2, 0.25) is 0 Å². The maximum absolute atomic E-state index is 12.7. The topological polar surface area (TPSA) is 71.8 Å². The number of furan rings is 1. The number of nitrogens with zero attached hydrogens (tertiary/aromatic N) is 1. The first-order valence-electron chi connectivity index (χ1n) is 8.30. The fourth-order valence-corrected chi connectivity index (χ4v) is 3.29. The molecule has 2 atom stereocenters. The number of carbonyl (C=O) groups excluding carboxylic acids is 2. The van der Waals surface area contributed by atoms with Gasteiger partial charge in [0.05, 0.1) is 31.9 Å². The minimum absolute atomic E-state index is 0.0518. The maximum atomic E-state index is 12.7. The summed E-state index contributed by atoms with van der Waals surface area (Å²) in [5.74, 6) is 1.13. The van der Waals surface area contributed by atoms with E-state index >= 15 is 0 Å². The van der Waals surface area contributed by atoms with Gasteiger partial charge in [-0.1, -0.05) is 12.1 Å². The van der Waals surface area contributed by atoms with E-state index in [-0.39, 0.29) is 23.8 Å². The van der Waals surface area contributed by atoms with Crippen LogP contribution in [0.3, 0.4) is 0 Å². The quantitative estimate of drug-likeness (QED) is 0.906. The Morgan fingerprint density at radius 3 is 2.72 bits per heavy atom. The lowest BCUT2D eigenvalue weighted by Gasteiger charge is -2.38. The van der Waals surface area contributed by atoms with E-state index in [9.17, 15) is 9.59 Å². The molecule has 2 aromatic rings. The van der Waals surface area contributed by atoms with E-state index in [1.165, 1.54) is 0 Å². The Kier molecular flexibility index (Phi) is 5.07. The smallest absolute Gasteiger partial charge is 0.225 e. The normalized spacial score (nSPS) is 20.4. The molecule has 6 nitrogen and oxygen atoms in total. The van der Waals surface area contributed by atoms with Crippen LogP contribution in [0, 0.1) is 5.92 Å². The Morgan fingerprint density at radius 2 is 2.08 bits per heavy atom. The molecule has 2 amide bonds. The number of amides is 2. The van der Waals surface area contributed by atoms with Crippen molar-refractivity contribution < 1.29 is 18.7 Å². The summed E-state index contributed by atoms with van der Waals surface area (Å²) in [4.78, 5) is 26.6. The Balaban J connectivity index is 1.79. The Morgan fingerprint density at radius 1 is 1.32 bits per heavy atom. The predicted molar refractivity (Wildman–Crippen MR) is 91.8 cm³/mol. The van der Waals surface area contributed by atoms with Crippen molar-refractivity contribution >= 4 is 11.8 Å². The van der Waals surface area contributed by atoms with Crippen molar-refractivity contribution in [3.63, 3.8) is 0 Å². The third-order valence-electron chi connectivity index (χ3n) is 4.67. The van der Waals surface area contributed by atoms with Gasteiger partial charge in [0.1, 0.15) is 11.5 Å². The molecule has 0 saturated carbocycles. The fourth-order valence-electron chi connectivity index (χ4n) is 3.29. The SMILES string of the molecule is COc1ccc([C@H]2[C@H](C(=O)NCc3ccco3)CCC(=O)N2C)cc1. The molecule has 0 bridgehead atoms. The summed E-state index contributed by atoms with van der Waals surface area (Å²) in [6, 6.07) is 10.8. The molecule has 6 heteroatoms. The highest BCUT2D eigenvalue weighted by Crippen LogP contribution is 2.36. The van der Waals surface area contributed by atoms with Crippen molar-refractivity contribution in [3.8, 4) is 5.75 Å². The molecule has 1 fully saturated rings. The van der Waals surface area contributed by atoms with Gasteiger partial charge < -0.3 is 19.4 Å². The van der Waals surface area contributed by atoms with Crippen molar-refractivity contribution in [2.75, 3.05) is 14.2 Å². The second-order valence-corrected chi connectivity index (χ2v) is 6.16. The number of rotatable bonds is 5. The summed E-state index contributed by atoms with van der Waals surface area (Å²) in [6.07, 6.45) is 2.49. The minimum atomic E-state index is -0.300. The van der Waals surface area contributed by atoms with Crippen LogP contribution >= 0.6 is 0 Å². The van der Waals surface area contributed by atoms with Gasteiger partial charge in [0, 0.05) is 13.5 Å². The van der Waals surface area contributed by atoms with Gasteiger partial charge in [-0.15, -0.1) is 0 Å². The molecule has 1 aromatic carbocycles. The number of likely N-dealkylation sites (tertiary alicyclic amines) is 1. The summed E-state index contributed by atoms with van der Waals surface area (Å²) in [5.41, 5.74) is 0.925. The fraction of sp³-hybridized carbons (Fsp3) is 0.368. The number of ether oxygens (including phenoxy) is 1. The molecule has 1 N–H and O–H groups in total. The van der Waals surface area contributed by atoms with Crippen LogP contribution < -0.4 is 10.1 Å². The standard InChI is InChI=1S/C19H22N2O4/c1-21-17(22)10-9-16(19(23)20-12-15-4-3-11-25-15)18(21)13-5-7-14(24-2)8-6-13/h3-8,11,16,18H,9-10,12H2,1-2H3,(H,20,23)/t16-,18+/m1/s1. The second kappa shape index (κ2) is 7.42. The van der Waals surface area contributed by atoms with Gasteiger partial charge in [-0.2, -0.15) is 0 Å². The van der Waals surface area contributed by atoms with E-state index in [0.29, 0.717) is 25.1 Å². The molecule has 0 unspecified atom stereocenters. The molecular formula is C19H22N2O4. The van der Waals surface area contributed by atoms with Gasteiger partial charge in [-0.05, 0) is 36.2 Å². The van der Waals surface area contributed by atoms with Gasteiger partial charge >= 0.3 is 0 Å². The monoisotopic (exact) mass is 342 g/mol. The highest BCUT2D eigenvalue weighted by atomic mass is 16.5. The summed E-state index contributed by atoms with van der Waals surface area (Å²) < 4.78 is 10.4. The highest BCUT2D eigenvalue weighted by Gasteiger charge is 2.38. The summed E-state index contributed by atoms with van der Waals surface area (Å²) >= 11 is 0. The maximum Gasteiger partial charge on any atom is 0.225 e. The largest absolute Gasteiger partial charge is 0.497 e. The van der Waals surface area contributed by atoms with Gasteiger partial charge in [0.25, 0.3) is 0 Å². The lowest BCUT2D eigenvalue weighted by atomic mass is 9.84. The molecule has 132 valence electrons. The van der Waals surface area contributed by atoms with Crippen molar-refractivity contribution in [3.05, 3.63) is 54.0 Å². The molecule has 25 heavy (non-hydrogen) atoms. The molecule has 1 saturated heterocycles. The third kappa shape index (κ3) is 3.68. The van der Waals surface area contributed by atoms with Gasteiger partial charge in [-0.3, -0.25) is 9.59 Å². The van der Waals surface area contributed by atoms with E-state index in [0.717, 1.165) is 11.3 Å². The van der Waals surface area contributed by atoms with Crippen LogP contribution in [0.1, 0.15) is 30.2 Å². The second-order valence-electron chi connectivity index (χ2n) is 6.16. The zero-order chi connectivity index (χ0) is 17.8. The minimum Gasteiger partial charge on any atom is -0.497 e. The number of nitrogens with one attached hydrogen (secondary N) is 1. The number of carbonyl (C=O) groups is 2. The molecule has 1 aliphatic heterocycles. The van der Waals surface area contributed by atoms with Crippen molar-refractivity contribution in [1.82, 2.24) is 10.2 Å². The summed E-state index contributed by atoms with van der Waals surface area (Å²) in [7, 11) is 3.36. The summed E-state index contributed by atoms with van der Waals surface area (Å²) in [5, 5.41) is 2.92. The first kappa shape index (κ1) is 17.1. The number of methoxy groups -OCH3 is 1. The van der Waals surface area contributed by atoms with Gasteiger partial charge in [-0.25, -0.2) is 0 Å². The molecule has 0 spiro atoms. The van der Waals surface area contributed by atoms with Crippen LogP contribution in [0.25, 0.3) is 0 Å². The van der Waals surface area contributed by atoms with Crippen LogP contribution in [0.15, 0.2) is 47.1 Å². The average molecular weight is 342 g/mol. The Bertz CT molecular complexity index is 724. The lowest BCUT2D eigenvalue weighted by molar-refractivity contribution is -0.141. The molecule has 0 aliphatic carbocycles. The first-order chi connectivity index (χ1) is 12.1. The average Bonchev–Trinajstić information content (AvgIpc) is 3.15. The van der Waals surface area contributed by atoms with E-state index in [1.54, 1.807) is 31.4 Å². The van der Waals surface area contributed by atoms with Crippen LogP contribution in [-0.2, 0) is 16.1 Å². The Labute approximate surface area is 146 Å². The van der Waals surface area contributed by atoms with Crippen LogP contribution in [-0.4, -0.2) is 30.9 Å². The summed E-state index contributed by atoms with van der Waals surface area (Å²) in [6.45, 7) is 0.343. The number of hydrogen-bond donors (Lipinski definition) is 1. The zero-order valence-corrected chi connectivity index (χ0v) is 14.4. The van der Waals surface area contributed by atoms with Crippen molar-refractivity contribution in [1.29, 1.82) is 0 Å². The number of piperidine rings is 1. The third-order valence-corrected chi connectivity index (χ3v) is 4.67. The van der Waals surface area contributed by atoms with Gasteiger partial charge in [0.2, 0.25) is 11.8 Å². The van der Waals surface area contributed by atoms with Gasteiger partial charge in [0.15, 0.2) is 0 Å². The molecule has 3 rings (SSSR count). The molecular weight excluding hydrogens is 320 g/mol. The van der Waals surface area contributed by atoms with E-state index < -0.39 is 0 Å². The van der Waals surface area contributed by atoms with E-state index in [1.807, 2.05) is 30.3 Å². The van der Waals surface area contributed by atoms with E-state index in [2.05, 4.69) is 5.32 Å². The van der Waals surface area contributed by atoms with Crippen molar-refractivity contribution in [2.45, 2.75) is 25.4 Å². The molecule has 0 radical (unpaired) electrons. The lowest BCUT2D eigenvalue weighted by Crippen LogP contribution is -2.46. The van der Waals surface area contributed by atoms with E-state index in [4.69, 9.17) is 9.15 Å². The molecule has 2 heterocycles. The van der Waals surface area contributed by atoms with Crippen LogP contribution in [0.4, 0.5) is 0 Å². The molecule has 1 aliphatic rings. The van der Waals surface area contributed by atoms with Crippen LogP contribution in [0.5, 0.6) is 5.75 Å². The number of benzene rings is 1. The molecule has 1 aromatic heterocycles.